The maximum atomic E-state index is 12.4. The van der Waals surface area contributed by atoms with Crippen LogP contribution >= 0.6 is 0 Å². The van der Waals surface area contributed by atoms with E-state index in [1.54, 1.807) is 60.4 Å². The van der Waals surface area contributed by atoms with Crippen molar-refractivity contribution in [1.82, 2.24) is 9.80 Å². The smallest absolute Gasteiger partial charge is 0.528 e. The molecule has 1 aliphatic heterocycles. The normalized spacial score (nSPS) is 15.4. The Kier molecular flexibility index (Phi) is 14.0. The van der Waals surface area contributed by atoms with E-state index in [-0.39, 0.29) is 46.4 Å². The van der Waals surface area contributed by atoms with Gasteiger partial charge in [-0.2, -0.15) is 25.5 Å². The van der Waals surface area contributed by atoms with Crippen molar-refractivity contribution in [1.29, 1.82) is 15.8 Å². The van der Waals surface area contributed by atoms with E-state index < -0.39 is 0 Å². The van der Waals surface area contributed by atoms with Crippen LogP contribution in [0, 0.1) is 61.0 Å². The van der Waals surface area contributed by atoms with Crippen molar-refractivity contribution < 1.29 is 9.53 Å². The van der Waals surface area contributed by atoms with Crippen LogP contribution in [0.25, 0.3) is 26.2 Å². The molecule has 1 fully saturated rings. The maximum absolute atomic E-state index is 12.4. The first-order chi connectivity index (χ1) is 26.2. The first-order valence-electron chi connectivity index (χ1n) is 17.2. The Bertz CT molecular complexity index is 2250. The van der Waals surface area contributed by atoms with Gasteiger partial charge in [0.15, 0.2) is 0 Å². The number of aryl methyl sites for hydroxylation is 2. The highest BCUT2D eigenvalue weighted by Gasteiger charge is 2.28. The molecule has 0 aromatic heterocycles. The van der Waals surface area contributed by atoms with Crippen molar-refractivity contribution in [3.8, 4) is 18.2 Å². The fraction of sp³-hybridized carbons (Fsp3) is 0.227. The van der Waals surface area contributed by atoms with Crippen LogP contribution in [0.1, 0.15) is 42.0 Å². The Morgan fingerprint density at radius 2 is 1.48 bits per heavy atom. The van der Waals surface area contributed by atoms with Gasteiger partial charge in [-0.1, -0.05) is 84.0 Å². The van der Waals surface area contributed by atoms with Gasteiger partial charge in [0.1, 0.15) is 19.2 Å². The summed E-state index contributed by atoms with van der Waals surface area (Å²) in [5.74, 6) is 1.74. The summed E-state index contributed by atoms with van der Waals surface area (Å²) in [6.45, 7) is 23.1. The summed E-state index contributed by atoms with van der Waals surface area (Å²) in [6.07, 6.45) is 11.6. The van der Waals surface area contributed by atoms with E-state index in [1.807, 2.05) is 62.2 Å². The predicted molar refractivity (Wildman–Crippen MR) is 209 cm³/mol. The van der Waals surface area contributed by atoms with Gasteiger partial charge in [0.25, 0.3) is 0 Å². The summed E-state index contributed by atoms with van der Waals surface area (Å²) in [5, 5.41) is 39.8. The van der Waals surface area contributed by atoms with Crippen LogP contribution in [0.4, 0.5) is 4.79 Å². The van der Waals surface area contributed by atoms with Crippen LogP contribution in [0.2, 0.25) is 0 Å². The molecule has 1 aliphatic carbocycles. The van der Waals surface area contributed by atoms with Crippen LogP contribution in [0.15, 0.2) is 124 Å². The molecule has 0 unspecified atom stereocenters. The number of rotatable bonds is 10. The highest BCUT2D eigenvalue weighted by molar-refractivity contribution is 5.97. The second-order valence-corrected chi connectivity index (χ2v) is 12.3. The van der Waals surface area contributed by atoms with Crippen LogP contribution in [-0.2, 0) is 4.74 Å². The van der Waals surface area contributed by atoms with E-state index in [0.717, 1.165) is 28.0 Å². The Morgan fingerprint density at radius 1 is 0.870 bits per heavy atom. The highest BCUT2D eigenvalue weighted by Crippen LogP contribution is 2.36. The summed E-state index contributed by atoms with van der Waals surface area (Å²) in [7, 11) is 0. The van der Waals surface area contributed by atoms with E-state index >= 15 is 0 Å². The van der Waals surface area contributed by atoms with E-state index in [2.05, 4.69) is 26.7 Å². The Labute approximate surface area is 317 Å². The molecule has 1 amide bonds. The third-order valence-corrected chi connectivity index (χ3v) is 8.88. The topological polar surface area (TPSA) is 135 Å². The van der Waals surface area contributed by atoms with Crippen molar-refractivity contribution in [3.05, 3.63) is 175 Å². The summed E-state index contributed by atoms with van der Waals surface area (Å²) in [5.41, 5.74) is 6.87. The molecule has 1 heterocycles. The van der Waals surface area contributed by atoms with E-state index in [4.69, 9.17) is 17.9 Å². The Balaban J connectivity index is 1.78. The monoisotopic (exact) mass is 709 g/mol. The molecule has 0 saturated carbocycles. The minimum atomic E-state index is -0.354. The lowest BCUT2D eigenvalue weighted by molar-refractivity contribution is 0.0873. The number of amides is 1. The van der Waals surface area contributed by atoms with Gasteiger partial charge >= 0.3 is 11.9 Å². The molecule has 54 heavy (non-hydrogen) atoms. The fourth-order valence-electron chi connectivity index (χ4n) is 6.20. The van der Waals surface area contributed by atoms with Gasteiger partial charge in [0.05, 0.1) is 41.0 Å². The fourth-order valence-corrected chi connectivity index (χ4v) is 6.20. The number of nitrogens with zero attached hydrogens (tertiary/aromatic N) is 8. The number of allylic oxidation sites excluding steroid dienone is 13. The van der Waals surface area contributed by atoms with Crippen molar-refractivity contribution >= 4 is 23.1 Å². The van der Waals surface area contributed by atoms with Gasteiger partial charge < -0.3 is 19.9 Å². The van der Waals surface area contributed by atoms with Gasteiger partial charge in [0, 0.05) is 37.4 Å². The lowest BCUT2D eigenvalue weighted by atomic mass is 9.93. The van der Waals surface area contributed by atoms with Crippen LogP contribution < -0.4 is 0 Å². The van der Waals surface area contributed by atoms with Gasteiger partial charge in [-0.25, -0.2) is 10.7 Å². The molecule has 2 aromatic carbocycles. The number of benzene rings is 2. The largest absolute Gasteiger partial charge is 0.762 e. The summed E-state index contributed by atoms with van der Waals surface area (Å²) in [4.78, 5) is 23.1. The Morgan fingerprint density at radius 3 is 2.00 bits per heavy atom. The van der Waals surface area contributed by atoms with Crippen LogP contribution in [0.3, 0.4) is 0 Å². The first kappa shape index (κ1) is 39.4. The average Bonchev–Trinajstić information content (AvgIpc) is 3.60. The van der Waals surface area contributed by atoms with Crippen LogP contribution in [-0.4, -0.2) is 54.5 Å². The molecule has 1 saturated heterocycles. The lowest BCUT2D eigenvalue weighted by Crippen LogP contribution is -2.48. The first-order valence-corrected chi connectivity index (χ1v) is 17.2. The lowest BCUT2D eigenvalue weighted by Gasteiger charge is -2.37. The number of nitriles is 3. The molecule has 2 aliphatic rings. The molecule has 0 atom stereocenters. The number of hydrogen-bond donors (Lipinski definition) is 0. The second-order valence-electron chi connectivity index (χ2n) is 12.3. The third-order valence-electron chi connectivity index (χ3n) is 8.88. The zero-order valence-corrected chi connectivity index (χ0v) is 30.4. The molecule has 0 bridgehead atoms. The predicted octanol–water partition coefficient (Wildman–Crippen LogP) is 8.79. The van der Waals surface area contributed by atoms with Crippen molar-refractivity contribution in [2.24, 2.45) is 0 Å². The zero-order valence-electron chi connectivity index (χ0n) is 30.4. The summed E-state index contributed by atoms with van der Waals surface area (Å²) >= 11 is 0. The van der Waals surface area contributed by atoms with Crippen molar-refractivity contribution in [2.45, 2.75) is 33.6 Å². The highest BCUT2D eigenvalue weighted by atomic mass is 16.6. The van der Waals surface area contributed by atoms with Crippen LogP contribution in [0.5, 0.6) is 0 Å². The summed E-state index contributed by atoms with van der Waals surface area (Å²) < 4.78 is 5.22. The summed E-state index contributed by atoms with van der Waals surface area (Å²) in [6, 6.07) is 20.9. The number of carbonyl (C=O) groups excluding carboxylic acids is 1. The SMILES string of the molecule is [C-]#[N+]C([N+]#[C-])=C(/C(C#N)=C/C=C/C1=C(N2CCN(C(=O)OCC)CC2)C(=C/C=C/C(C#N)=C(/C(=C=[N-])C#N)c2ccc(C)cc2)CC1)c1ccc(C)cc1. The minimum Gasteiger partial charge on any atom is -0.762 e. The average molecular weight is 710 g/mol. The molecule has 2 aromatic rings. The number of ether oxygens (including phenoxy) is 1. The van der Waals surface area contributed by atoms with Gasteiger partial charge in [-0.15, -0.1) is 0 Å². The maximum Gasteiger partial charge on any atom is 0.528 e. The zero-order chi connectivity index (χ0) is 39.0. The van der Waals surface area contributed by atoms with Gasteiger partial charge in [-0.05, 0) is 68.0 Å². The number of piperazine rings is 1. The van der Waals surface area contributed by atoms with Gasteiger partial charge in [-0.3, -0.25) is 0 Å². The molecule has 266 valence electrons. The number of carbonyl (C=O) groups is 1. The van der Waals surface area contributed by atoms with Gasteiger partial charge in [0.2, 0.25) is 0 Å². The quantitative estimate of drug-likeness (QED) is 0.105. The van der Waals surface area contributed by atoms with E-state index in [9.17, 15) is 26.0 Å². The molecular weight excluding hydrogens is 673 g/mol. The minimum absolute atomic E-state index is 0.161. The molecule has 10 nitrogen and oxygen atoms in total. The van der Waals surface area contributed by atoms with Crippen molar-refractivity contribution in [3.63, 3.8) is 0 Å². The molecule has 4 rings (SSSR count). The Hall–Kier alpha value is -7.41. The molecule has 0 radical (unpaired) electrons. The standard InChI is InChI=1S/C44H37N8O2/c1-6-54-44(53)52-25-23-51(24-26-52)42-35(9-7-11-37(27-45)40(39(29-47)30-48)33-17-13-31(2)14-18-33)21-22-36(42)10-8-12-38(28-46)41(43(49-4)50-5)34-19-15-32(3)16-20-34/h7-20H,6,21-26H2,1-3H3/q-1/b10-8+,11-7+,35-9?,38-12+,40-37-. The molecule has 0 spiro atoms. The molecular formula is C44H37N8O2-. The second kappa shape index (κ2) is 19.3. The molecule has 0 N–H and O–H groups in total. The van der Waals surface area contributed by atoms with Crippen molar-refractivity contribution in [2.75, 3.05) is 32.8 Å². The molecule has 10 heteroatoms. The third kappa shape index (κ3) is 9.47. The number of hydrogen-bond acceptors (Lipinski definition) is 6. The van der Waals surface area contributed by atoms with E-state index in [0.29, 0.717) is 50.1 Å². The van der Waals surface area contributed by atoms with E-state index in [1.165, 1.54) is 0 Å².